The number of halogens is 6. The van der Waals surface area contributed by atoms with Crippen LogP contribution in [0.2, 0.25) is 5.02 Å². The fourth-order valence-electron chi connectivity index (χ4n) is 3.14. The molecule has 1 aromatic carbocycles. The quantitative estimate of drug-likeness (QED) is 0.374. The predicted octanol–water partition coefficient (Wildman–Crippen LogP) is 4.75. The van der Waals surface area contributed by atoms with E-state index in [0.29, 0.717) is 6.20 Å². The fraction of sp³-hybridized carbons (Fsp3) is 0.0476. The summed E-state index contributed by atoms with van der Waals surface area (Å²) in [4.78, 5) is 19.4. The first-order valence-corrected chi connectivity index (χ1v) is 9.85. The molecule has 4 aromatic rings. The monoisotopic (exact) mass is 510 g/mol. The van der Waals surface area contributed by atoms with Gasteiger partial charge in [-0.2, -0.15) is 18.3 Å². The summed E-state index contributed by atoms with van der Waals surface area (Å²) in [6.07, 6.45) is -3.17. The normalized spacial score (nSPS) is 11.5. The average molecular weight is 511 g/mol. The molecule has 35 heavy (non-hydrogen) atoms. The first-order valence-electron chi connectivity index (χ1n) is 9.47. The molecule has 14 heteroatoms. The van der Waals surface area contributed by atoms with Crippen LogP contribution in [0.1, 0.15) is 16.1 Å². The van der Waals surface area contributed by atoms with E-state index < -0.39 is 46.5 Å². The van der Waals surface area contributed by atoms with Crippen LogP contribution < -0.4 is 16.2 Å². The highest BCUT2D eigenvalue weighted by Gasteiger charge is 2.42. The number of carbonyl (C=O) groups is 1. The van der Waals surface area contributed by atoms with Crippen molar-refractivity contribution in [1.82, 2.24) is 19.7 Å². The number of hydrogen-bond acceptors (Lipinski definition) is 6. The number of hydrogen-bond donors (Lipinski definition) is 2. The number of amides is 1. The number of primary amides is 1. The van der Waals surface area contributed by atoms with Gasteiger partial charge in [0.2, 0.25) is 0 Å². The van der Waals surface area contributed by atoms with Crippen molar-refractivity contribution in [2.75, 3.05) is 5.73 Å². The van der Waals surface area contributed by atoms with Gasteiger partial charge in [-0.1, -0.05) is 11.6 Å². The molecule has 8 nitrogen and oxygen atoms in total. The van der Waals surface area contributed by atoms with Gasteiger partial charge in [0.25, 0.3) is 5.91 Å². The van der Waals surface area contributed by atoms with Gasteiger partial charge in [0.05, 0.1) is 11.8 Å². The maximum atomic E-state index is 14.9. The van der Waals surface area contributed by atoms with E-state index in [1.165, 1.54) is 12.3 Å². The molecule has 3 aromatic heterocycles. The number of pyridine rings is 2. The van der Waals surface area contributed by atoms with Crippen LogP contribution in [0.4, 0.5) is 27.8 Å². The molecule has 0 spiro atoms. The number of rotatable bonds is 5. The molecular formula is C21H12ClF5N6O2. The van der Waals surface area contributed by atoms with Gasteiger partial charge in [0.1, 0.15) is 22.4 Å². The Kier molecular flexibility index (Phi) is 6.03. The SMILES string of the molecule is NC(=O)c1c(-c2ccc(Oc3ccnc(N)c3Cl)c(F)c2)nn(-c2ccc(F)cn2)c1C(F)(F)F. The van der Waals surface area contributed by atoms with Gasteiger partial charge in [-0.3, -0.25) is 4.79 Å². The molecule has 0 fully saturated rings. The maximum Gasteiger partial charge on any atom is 0.434 e. The molecule has 1 amide bonds. The highest BCUT2D eigenvalue weighted by molar-refractivity contribution is 6.34. The van der Waals surface area contributed by atoms with Crippen molar-refractivity contribution in [3.8, 4) is 28.6 Å². The molecule has 0 saturated heterocycles. The van der Waals surface area contributed by atoms with Crippen LogP contribution in [0.3, 0.4) is 0 Å². The smallest absolute Gasteiger partial charge is 0.434 e. The number of benzene rings is 1. The van der Waals surface area contributed by atoms with Crippen molar-refractivity contribution in [1.29, 1.82) is 0 Å². The van der Waals surface area contributed by atoms with E-state index in [2.05, 4.69) is 15.1 Å². The molecule has 0 aliphatic rings. The minimum atomic E-state index is -5.12. The minimum Gasteiger partial charge on any atom is -0.453 e. The number of anilines is 1. The van der Waals surface area contributed by atoms with Crippen molar-refractivity contribution in [2.45, 2.75) is 6.18 Å². The largest absolute Gasteiger partial charge is 0.453 e. The molecule has 0 aliphatic carbocycles. The summed E-state index contributed by atoms with van der Waals surface area (Å²) >= 11 is 5.97. The van der Waals surface area contributed by atoms with Crippen LogP contribution in [0, 0.1) is 11.6 Å². The number of aromatic nitrogens is 4. The summed E-state index contributed by atoms with van der Waals surface area (Å²) in [6, 6.07) is 6.15. The molecule has 180 valence electrons. The van der Waals surface area contributed by atoms with Gasteiger partial charge < -0.3 is 16.2 Å². The number of nitrogens with zero attached hydrogens (tertiary/aromatic N) is 4. The van der Waals surface area contributed by atoms with Crippen LogP contribution in [0.15, 0.2) is 48.8 Å². The number of ether oxygens (including phenoxy) is 1. The van der Waals surface area contributed by atoms with Gasteiger partial charge in [-0.05, 0) is 30.3 Å². The predicted molar refractivity (Wildman–Crippen MR) is 114 cm³/mol. The van der Waals surface area contributed by atoms with Crippen molar-refractivity contribution in [3.63, 3.8) is 0 Å². The van der Waals surface area contributed by atoms with Gasteiger partial charge in [-0.15, -0.1) is 0 Å². The molecule has 0 saturated carbocycles. The summed E-state index contributed by atoms with van der Waals surface area (Å²) in [5.74, 6) is -4.18. The van der Waals surface area contributed by atoms with Crippen LogP contribution >= 0.6 is 11.6 Å². The lowest BCUT2D eigenvalue weighted by molar-refractivity contribution is -0.143. The molecule has 3 heterocycles. The Morgan fingerprint density at radius 1 is 1.06 bits per heavy atom. The van der Waals surface area contributed by atoms with E-state index in [9.17, 15) is 26.7 Å². The van der Waals surface area contributed by atoms with Crippen LogP contribution in [-0.4, -0.2) is 25.7 Å². The Balaban J connectivity index is 1.85. The van der Waals surface area contributed by atoms with Crippen molar-refractivity contribution >= 4 is 23.3 Å². The Hall–Kier alpha value is -4.26. The molecular weight excluding hydrogens is 499 g/mol. The lowest BCUT2D eigenvalue weighted by Gasteiger charge is -2.11. The lowest BCUT2D eigenvalue weighted by Crippen LogP contribution is -2.21. The van der Waals surface area contributed by atoms with Crippen molar-refractivity contribution < 1.29 is 31.5 Å². The Morgan fingerprint density at radius 3 is 2.40 bits per heavy atom. The minimum absolute atomic E-state index is 0.0188. The molecule has 0 atom stereocenters. The van der Waals surface area contributed by atoms with Gasteiger partial charge in [-0.25, -0.2) is 23.4 Å². The molecule has 4 rings (SSSR count). The molecule has 0 aliphatic heterocycles. The number of carbonyl (C=O) groups excluding carboxylic acids is 1. The van der Waals surface area contributed by atoms with E-state index >= 15 is 0 Å². The molecule has 0 bridgehead atoms. The van der Waals surface area contributed by atoms with Crippen LogP contribution in [0.5, 0.6) is 11.5 Å². The highest BCUT2D eigenvalue weighted by Crippen LogP contribution is 2.39. The third-order valence-electron chi connectivity index (χ3n) is 4.64. The summed E-state index contributed by atoms with van der Waals surface area (Å²) in [5, 5.41) is 3.73. The fourth-order valence-corrected chi connectivity index (χ4v) is 3.29. The van der Waals surface area contributed by atoms with Crippen LogP contribution in [-0.2, 0) is 6.18 Å². The molecule has 0 unspecified atom stereocenters. The summed E-state index contributed by atoms with van der Waals surface area (Å²) in [5.41, 5.74) is 7.43. The van der Waals surface area contributed by atoms with Crippen molar-refractivity contribution in [2.24, 2.45) is 5.73 Å². The molecule has 4 N–H and O–H groups in total. The number of nitrogens with two attached hydrogens (primary N) is 2. The Bertz CT molecular complexity index is 1440. The second-order valence-corrected chi connectivity index (χ2v) is 7.31. The zero-order chi connectivity index (χ0) is 25.5. The third kappa shape index (κ3) is 4.57. The van der Waals surface area contributed by atoms with E-state index in [0.717, 1.165) is 30.3 Å². The highest BCUT2D eigenvalue weighted by atomic mass is 35.5. The second kappa shape index (κ2) is 8.83. The van der Waals surface area contributed by atoms with E-state index in [1.807, 2.05) is 0 Å². The zero-order valence-electron chi connectivity index (χ0n) is 17.1. The van der Waals surface area contributed by atoms with Gasteiger partial charge in [0.15, 0.2) is 28.8 Å². The summed E-state index contributed by atoms with van der Waals surface area (Å²) in [6.45, 7) is 0. The zero-order valence-corrected chi connectivity index (χ0v) is 17.9. The Morgan fingerprint density at radius 2 is 1.80 bits per heavy atom. The summed E-state index contributed by atoms with van der Waals surface area (Å²) in [7, 11) is 0. The van der Waals surface area contributed by atoms with E-state index in [1.54, 1.807) is 0 Å². The van der Waals surface area contributed by atoms with Crippen molar-refractivity contribution in [3.05, 3.63) is 76.7 Å². The third-order valence-corrected chi connectivity index (χ3v) is 5.01. The number of alkyl halides is 3. The first-order chi connectivity index (χ1) is 16.5. The van der Waals surface area contributed by atoms with Crippen LogP contribution in [0.25, 0.3) is 17.1 Å². The van der Waals surface area contributed by atoms with Gasteiger partial charge in [0, 0.05) is 17.8 Å². The van der Waals surface area contributed by atoms with E-state index in [-0.39, 0.29) is 32.6 Å². The van der Waals surface area contributed by atoms with Gasteiger partial charge >= 0.3 is 6.18 Å². The maximum absolute atomic E-state index is 14.9. The first kappa shape index (κ1) is 23.9. The second-order valence-electron chi connectivity index (χ2n) is 6.94. The van der Waals surface area contributed by atoms with E-state index in [4.69, 9.17) is 27.8 Å². The topological polar surface area (TPSA) is 122 Å². The molecule has 0 radical (unpaired) electrons. The summed E-state index contributed by atoms with van der Waals surface area (Å²) < 4.78 is 75.5. The average Bonchev–Trinajstić information content (AvgIpc) is 3.20. The standard InChI is InChI=1S/C21H12ClF5N6O2/c22-16-13(5-6-30-19(16)28)35-12-3-1-9(7-11(12)24)17-15(20(29)34)18(21(25,26)27)33(32-17)14-4-2-10(23)8-31-14/h1-8H,(H2,28,30)(H2,29,34). The Labute approximate surface area is 197 Å². The number of nitrogen functional groups attached to an aromatic ring is 1. The lowest BCUT2D eigenvalue weighted by atomic mass is 10.0.